The molecule has 41 heavy (non-hydrogen) atoms. The van der Waals surface area contributed by atoms with Gasteiger partial charge in [0.2, 0.25) is 5.95 Å². The molecule has 0 unspecified atom stereocenters. The normalized spacial score (nSPS) is 16.4. The number of carbonyl (C=O) groups excluding carboxylic acids is 1. The van der Waals surface area contributed by atoms with Gasteiger partial charge in [0.15, 0.2) is 0 Å². The lowest BCUT2D eigenvalue weighted by molar-refractivity contribution is 0.0399. The van der Waals surface area contributed by atoms with Gasteiger partial charge in [-0.1, -0.05) is 23.7 Å². The number of amides is 1. The van der Waals surface area contributed by atoms with Crippen LogP contribution in [0.1, 0.15) is 27.2 Å². The first-order valence-corrected chi connectivity index (χ1v) is 13.6. The molecule has 1 amide bonds. The maximum absolute atomic E-state index is 15.1. The Labute approximate surface area is 242 Å². The van der Waals surface area contributed by atoms with Crippen LogP contribution in [0.25, 0.3) is 11.1 Å². The fraction of sp³-hybridized carbons (Fsp3) is 0.226. The second-order valence-corrected chi connectivity index (χ2v) is 10.7. The van der Waals surface area contributed by atoms with Gasteiger partial charge < -0.3 is 19.9 Å². The van der Waals surface area contributed by atoms with Crippen LogP contribution in [-0.2, 0) is 6.42 Å². The Morgan fingerprint density at radius 3 is 2.63 bits per heavy atom. The van der Waals surface area contributed by atoms with Crippen LogP contribution in [0.15, 0.2) is 77.6 Å². The molecule has 3 aromatic rings. The molecule has 10 heteroatoms. The van der Waals surface area contributed by atoms with E-state index in [4.69, 9.17) is 21.3 Å². The smallest absolute Gasteiger partial charge is 0.253 e. The molecule has 3 aliphatic rings. The summed E-state index contributed by atoms with van der Waals surface area (Å²) < 4.78 is 20.6. The van der Waals surface area contributed by atoms with Crippen LogP contribution in [0.3, 0.4) is 0 Å². The number of hydrogen-bond acceptors (Lipinski definition) is 7. The van der Waals surface area contributed by atoms with Gasteiger partial charge in [0.25, 0.3) is 5.91 Å². The topological polar surface area (TPSA) is 83.0 Å². The number of anilines is 2. The Bertz CT molecular complexity index is 1660. The number of ether oxygens (including phenoxy) is 1. The Hall–Kier alpha value is -4.34. The summed E-state index contributed by atoms with van der Waals surface area (Å²) in [5.41, 5.74) is 5.30. The molecule has 0 radical (unpaired) electrons. The number of benzene rings is 2. The molecule has 1 fully saturated rings. The van der Waals surface area contributed by atoms with E-state index in [2.05, 4.69) is 20.2 Å². The molecule has 6 rings (SSSR count). The Morgan fingerprint density at radius 1 is 1.12 bits per heavy atom. The molecule has 0 bridgehead atoms. The first-order chi connectivity index (χ1) is 19.8. The number of nitrogens with one attached hydrogen (secondary N) is 1. The zero-order valence-corrected chi connectivity index (χ0v) is 23.6. The first-order valence-electron chi connectivity index (χ1n) is 13.2. The van der Waals surface area contributed by atoms with E-state index in [-0.39, 0.29) is 11.1 Å². The first kappa shape index (κ1) is 26.9. The number of allylic oxidation sites excluding steroid dienone is 5. The zero-order valence-electron chi connectivity index (χ0n) is 22.9. The number of likely N-dealkylation sites (tertiary alicyclic amines) is 1. The summed E-state index contributed by atoms with van der Waals surface area (Å²) in [5.74, 6) is 0.377. The van der Waals surface area contributed by atoms with Crippen molar-refractivity contribution in [2.75, 3.05) is 39.6 Å². The van der Waals surface area contributed by atoms with E-state index < -0.39 is 5.82 Å². The number of halogens is 2. The molecule has 0 spiro atoms. The lowest BCUT2D eigenvalue weighted by Crippen LogP contribution is -2.59. The molecule has 208 valence electrons. The minimum absolute atomic E-state index is 0.0221. The van der Waals surface area contributed by atoms with Crippen molar-refractivity contribution in [3.63, 3.8) is 0 Å². The Balaban J connectivity index is 1.25. The van der Waals surface area contributed by atoms with Crippen molar-refractivity contribution in [2.45, 2.75) is 12.5 Å². The van der Waals surface area contributed by atoms with Crippen molar-refractivity contribution in [3.05, 3.63) is 101 Å². The predicted octanol–water partition coefficient (Wildman–Crippen LogP) is 5.31. The van der Waals surface area contributed by atoms with Crippen LogP contribution in [0.4, 0.5) is 16.0 Å². The quantitative estimate of drug-likeness (QED) is 0.432. The van der Waals surface area contributed by atoms with E-state index >= 15 is 4.39 Å². The number of likely N-dealkylation sites (N-methyl/N-ethyl adjacent to an activating group) is 1. The van der Waals surface area contributed by atoms with E-state index in [0.717, 1.165) is 29.9 Å². The third-order valence-electron chi connectivity index (χ3n) is 7.54. The number of fused-ring (bicyclic) bond motifs is 3. The second-order valence-electron chi connectivity index (χ2n) is 10.3. The fourth-order valence-corrected chi connectivity index (χ4v) is 5.30. The number of rotatable bonds is 6. The van der Waals surface area contributed by atoms with Crippen molar-refractivity contribution in [1.29, 1.82) is 0 Å². The van der Waals surface area contributed by atoms with E-state index in [1.165, 1.54) is 13.2 Å². The largest absolute Gasteiger partial charge is 0.496 e. The highest BCUT2D eigenvalue weighted by Crippen LogP contribution is 2.43. The zero-order chi connectivity index (χ0) is 28.7. The third kappa shape index (κ3) is 5.14. The van der Waals surface area contributed by atoms with Crippen molar-refractivity contribution in [2.24, 2.45) is 4.99 Å². The molecule has 1 N–H and O–H groups in total. The van der Waals surface area contributed by atoms with Gasteiger partial charge in [-0.2, -0.15) is 0 Å². The number of hydrogen-bond donors (Lipinski definition) is 1. The summed E-state index contributed by atoms with van der Waals surface area (Å²) in [5, 5.41) is 3.45. The molecule has 0 saturated carbocycles. The van der Waals surface area contributed by atoms with Gasteiger partial charge in [-0.15, -0.1) is 0 Å². The van der Waals surface area contributed by atoms with Crippen LogP contribution in [0, 0.1) is 5.82 Å². The van der Waals surface area contributed by atoms with Gasteiger partial charge in [0.05, 0.1) is 18.4 Å². The molecule has 8 nitrogen and oxygen atoms in total. The molecule has 1 saturated heterocycles. The second kappa shape index (κ2) is 10.9. The van der Waals surface area contributed by atoms with Gasteiger partial charge in [-0.3, -0.25) is 4.79 Å². The fourth-order valence-electron chi connectivity index (χ4n) is 5.14. The third-order valence-corrected chi connectivity index (χ3v) is 7.75. The SMILES string of the molecule is COc1cccc(F)c1C1=CC(Cl)=NC=C2C1=CCc1cnc(Nc3ccc(C(=O)N4CC(N(C)C)C4)cc3)nc12. The summed E-state index contributed by atoms with van der Waals surface area (Å²) in [6.45, 7) is 1.47. The molecule has 1 aliphatic carbocycles. The minimum Gasteiger partial charge on any atom is -0.496 e. The van der Waals surface area contributed by atoms with Crippen molar-refractivity contribution < 1.29 is 13.9 Å². The molecule has 0 atom stereocenters. The minimum atomic E-state index is -0.424. The summed E-state index contributed by atoms with van der Waals surface area (Å²) in [6.07, 6.45) is 7.62. The van der Waals surface area contributed by atoms with E-state index in [1.807, 2.05) is 37.2 Å². The van der Waals surface area contributed by atoms with Gasteiger partial charge in [0, 0.05) is 53.9 Å². The molecule has 2 aromatic carbocycles. The Morgan fingerprint density at radius 2 is 1.90 bits per heavy atom. The van der Waals surface area contributed by atoms with Crippen molar-refractivity contribution in [1.82, 2.24) is 19.8 Å². The van der Waals surface area contributed by atoms with E-state index in [0.29, 0.717) is 52.1 Å². The van der Waals surface area contributed by atoms with Gasteiger partial charge in [-0.05, 0) is 74.1 Å². The standard InChI is InChI=1S/C31H28ClFN6O2/c1-38(2)21-16-39(17-21)30(40)18-7-10-20(11-8-18)36-31-35-14-19-9-12-22-23(28-25(33)5-4-6-26(28)41-3)13-27(32)34-15-24(22)29(19)37-31/h4-8,10-15,21H,9,16-17H2,1-3H3,(H,35,36,37). The maximum Gasteiger partial charge on any atom is 0.253 e. The van der Waals surface area contributed by atoms with E-state index in [9.17, 15) is 4.79 Å². The number of aliphatic imine (C=N–C) groups is 1. The van der Waals surface area contributed by atoms with Crippen LogP contribution in [0.2, 0.25) is 0 Å². The number of carbonyl (C=O) groups is 1. The average Bonchev–Trinajstić information content (AvgIpc) is 3.10. The highest BCUT2D eigenvalue weighted by atomic mass is 35.5. The van der Waals surface area contributed by atoms with E-state index in [1.54, 1.807) is 42.7 Å². The van der Waals surface area contributed by atoms with Crippen molar-refractivity contribution >= 4 is 45.5 Å². The monoisotopic (exact) mass is 570 g/mol. The molecular formula is C31H28ClFN6O2. The summed E-state index contributed by atoms with van der Waals surface area (Å²) in [7, 11) is 5.56. The highest BCUT2D eigenvalue weighted by Gasteiger charge is 2.32. The van der Waals surface area contributed by atoms with Crippen LogP contribution < -0.4 is 10.1 Å². The van der Waals surface area contributed by atoms with Gasteiger partial charge in [0.1, 0.15) is 16.7 Å². The molecular weight excluding hydrogens is 543 g/mol. The van der Waals surface area contributed by atoms with Gasteiger partial charge >= 0.3 is 0 Å². The molecule has 2 aliphatic heterocycles. The van der Waals surface area contributed by atoms with Gasteiger partial charge in [-0.25, -0.2) is 19.4 Å². The summed E-state index contributed by atoms with van der Waals surface area (Å²) in [6, 6.07) is 12.4. The van der Waals surface area contributed by atoms with Crippen molar-refractivity contribution in [3.8, 4) is 5.75 Å². The summed E-state index contributed by atoms with van der Waals surface area (Å²) >= 11 is 6.40. The number of methoxy groups -OCH3 is 1. The number of nitrogens with zero attached hydrogens (tertiary/aromatic N) is 5. The predicted molar refractivity (Wildman–Crippen MR) is 159 cm³/mol. The van der Waals surface area contributed by atoms with Crippen LogP contribution >= 0.6 is 11.6 Å². The molecule has 1 aromatic heterocycles. The Kier molecular flexibility index (Phi) is 7.15. The average molecular weight is 571 g/mol. The lowest BCUT2D eigenvalue weighted by Gasteiger charge is -2.42. The molecule has 3 heterocycles. The highest BCUT2D eigenvalue weighted by molar-refractivity contribution is 6.69. The van der Waals surface area contributed by atoms with Crippen LogP contribution in [0.5, 0.6) is 5.75 Å². The lowest BCUT2D eigenvalue weighted by atomic mass is 9.84. The number of aromatic nitrogens is 2. The maximum atomic E-state index is 15.1. The summed E-state index contributed by atoms with van der Waals surface area (Å²) in [4.78, 5) is 30.5. The van der Waals surface area contributed by atoms with Crippen LogP contribution in [-0.4, -0.2) is 71.2 Å².